The highest BCUT2D eigenvalue weighted by molar-refractivity contribution is 7.80. The second kappa shape index (κ2) is 8.50. The molecule has 6 heteroatoms. The minimum absolute atomic E-state index is 0.307. The summed E-state index contributed by atoms with van der Waals surface area (Å²) in [4.78, 5) is 12.2. The summed E-state index contributed by atoms with van der Waals surface area (Å²) in [6.45, 7) is 2.07. The Bertz CT molecular complexity index is 662. The van der Waals surface area contributed by atoms with Crippen LogP contribution in [0.1, 0.15) is 18.5 Å². The summed E-state index contributed by atoms with van der Waals surface area (Å²) in [5.41, 5.74) is 1.56. The van der Waals surface area contributed by atoms with Crippen LogP contribution in [0.15, 0.2) is 54.6 Å². The van der Waals surface area contributed by atoms with Gasteiger partial charge >= 0.3 is 5.97 Å². The normalized spacial score (nSPS) is 11.4. The van der Waals surface area contributed by atoms with Gasteiger partial charge in [0.15, 0.2) is 11.2 Å². The van der Waals surface area contributed by atoms with Crippen LogP contribution in [0.2, 0.25) is 5.02 Å². The molecule has 2 aromatic rings. The van der Waals surface area contributed by atoms with Crippen molar-refractivity contribution in [3.05, 3.63) is 65.2 Å². The Morgan fingerprint density at radius 2 is 1.83 bits per heavy atom. The maximum atomic E-state index is 12.2. The van der Waals surface area contributed by atoms with E-state index in [-0.39, 0.29) is 5.97 Å². The molecule has 1 unspecified atom stereocenters. The molecule has 0 aromatic heterocycles. The SMILES string of the molecule is CCOC(=O)C(NC(=S)Nc1ccc(Cl)cc1)c1ccccc1. The number of carbonyl (C=O) groups is 1. The zero-order valence-electron chi connectivity index (χ0n) is 12.6. The van der Waals surface area contributed by atoms with E-state index in [0.29, 0.717) is 16.7 Å². The third-order valence-corrected chi connectivity index (χ3v) is 3.50. The Kier molecular flexibility index (Phi) is 6.38. The molecule has 0 radical (unpaired) electrons. The van der Waals surface area contributed by atoms with Gasteiger partial charge < -0.3 is 15.4 Å². The molecule has 1 atom stereocenters. The molecule has 2 aromatic carbocycles. The van der Waals surface area contributed by atoms with Crippen molar-refractivity contribution in [1.29, 1.82) is 0 Å². The standard InChI is InChI=1S/C17H17ClN2O2S/c1-2-22-16(21)15(12-6-4-3-5-7-12)20-17(23)19-14-10-8-13(18)9-11-14/h3-11,15H,2H2,1H3,(H2,19,20,23). The Labute approximate surface area is 145 Å². The lowest BCUT2D eigenvalue weighted by Gasteiger charge is -2.20. The van der Waals surface area contributed by atoms with Crippen LogP contribution < -0.4 is 10.6 Å². The Balaban J connectivity index is 2.09. The van der Waals surface area contributed by atoms with Crippen LogP contribution in [-0.2, 0) is 9.53 Å². The van der Waals surface area contributed by atoms with Gasteiger partial charge in [-0.25, -0.2) is 4.79 Å². The Morgan fingerprint density at radius 3 is 2.43 bits per heavy atom. The zero-order valence-corrected chi connectivity index (χ0v) is 14.2. The van der Waals surface area contributed by atoms with Crippen molar-refractivity contribution in [1.82, 2.24) is 5.32 Å². The van der Waals surface area contributed by atoms with Crippen LogP contribution in [0.4, 0.5) is 5.69 Å². The molecule has 0 aliphatic carbocycles. The molecule has 0 aliphatic heterocycles. The maximum absolute atomic E-state index is 12.2. The molecule has 2 rings (SSSR count). The number of benzene rings is 2. The van der Waals surface area contributed by atoms with Crippen LogP contribution >= 0.6 is 23.8 Å². The number of rotatable bonds is 5. The van der Waals surface area contributed by atoms with Gasteiger partial charge in [-0.05, 0) is 49.0 Å². The molecule has 0 saturated carbocycles. The average Bonchev–Trinajstić information content (AvgIpc) is 2.56. The lowest BCUT2D eigenvalue weighted by molar-refractivity contribution is -0.145. The van der Waals surface area contributed by atoms with E-state index in [4.69, 9.17) is 28.6 Å². The fourth-order valence-electron chi connectivity index (χ4n) is 1.98. The largest absolute Gasteiger partial charge is 0.464 e. The molecule has 120 valence electrons. The molecule has 0 saturated heterocycles. The molecule has 0 bridgehead atoms. The fourth-order valence-corrected chi connectivity index (χ4v) is 2.34. The van der Waals surface area contributed by atoms with Gasteiger partial charge in [0.1, 0.15) is 0 Å². The first-order valence-electron chi connectivity index (χ1n) is 7.15. The van der Waals surface area contributed by atoms with Gasteiger partial charge in [-0.15, -0.1) is 0 Å². The van der Waals surface area contributed by atoms with Crippen molar-refractivity contribution < 1.29 is 9.53 Å². The molecule has 0 heterocycles. The van der Waals surface area contributed by atoms with Gasteiger partial charge in [-0.2, -0.15) is 0 Å². The van der Waals surface area contributed by atoms with Gasteiger partial charge in [0.25, 0.3) is 0 Å². The van der Waals surface area contributed by atoms with Crippen molar-refractivity contribution in [2.45, 2.75) is 13.0 Å². The highest BCUT2D eigenvalue weighted by Gasteiger charge is 2.22. The molecule has 0 aliphatic rings. The van der Waals surface area contributed by atoms with Gasteiger partial charge in [0.2, 0.25) is 0 Å². The summed E-state index contributed by atoms with van der Waals surface area (Å²) in [6, 6.07) is 15.8. The van der Waals surface area contributed by atoms with Crippen LogP contribution in [0.25, 0.3) is 0 Å². The number of thiocarbonyl (C=S) groups is 1. The summed E-state index contributed by atoms with van der Waals surface area (Å²) < 4.78 is 5.12. The summed E-state index contributed by atoms with van der Waals surface area (Å²) >= 11 is 11.1. The monoisotopic (exact) mass is 348 g/mol. The zero-order chi connectivity index (χ0) is 16.7. The lowest BCUT2D eigenvalue weighted by atomic mass is 10.1. The van der Waals surface area contributed by atoms with E-state index in [1.165, 1.54) is 0 Å². The number of carbonyl (C=O) groups excluding carboxylic acids is 1. The molecule has 4 nitrogen and oxygen atoms in total. The Morgan fingerprint density at radius 1 is 1.17 bits per heavy atom. The van der Waals surface area contributed by atoms with E-state index < -0.39 is 6.04 Å². The Hall–Kier alpha value is -2.11. The number of anilines is 1. The molecule has 2 N–H and O–H groups in total. The van der Waals surface area contributed by atoms with E-state index in [0.717, 1.165) is 11.3 Å². The second-order valence-corrected chi connectivity index (χ2v) is 5.55. The van der Waals surface area contributed by atoms with E-state index >= 15 is 0 Å². The van der Waals surface area contributed by atoms with Crippen molar-refractivity contribution in [3.63, 3.8) is 0 Å². The van der Waals surface area contributed by atoms with Gasteiger partial charge in [0.05, 0.1) is 6.61 Å². The van der Waals surface area contributed by atoms with Gasteiger partial charge in [-0.1, -0.05) is 41.9 Å². The van der Waals surface area contributed by atoms with Crippen LogP contribution in [-0.4, -0.2) is 17.7 Å². The van der Waals surface area contributed by atoms with Crippen molar-refractivity contribution in [3.8, 4) is 0 Å². The van der Waals surface area contributed by atoms with Crippen LogP contribution in [0, 0.1) is 0 Å². The van der Waals surface area contributed by atoms with E-state index in [9.17, 15) is 4.79 Å². The molecule has 0 spiro atoms. The summed E-state index contributed by atoms with van der Waals surface area (Å²) in [5.74, 6) is -0.376. The predicted octanol–water partition coefficient (Wildman–Crippen LogP) is 3.93. The molecule has 0 fully saturated rings. The number of nitrogens with one attached hydrogen (secondary N) is 2. The highest BCUT2D eigenvalue weighted by atomic mass is 35.5. The van der Waals surface area contributed by atoms with Crippen molar-refractivity contribution >= 4 is 40.6 Å². The van der Waals surface area contributed by atoms with Crippen LogP contribution in [0.5, 0.6) is 0 Å². The average molecular weight is 349 g/mol. The first-order chi connectivity index (χ1) is 11.1. The summed E-state index contributed by atoms with van der Waals surface area (Å²) in [5, 5.41) is 6.98. The van der Waals surface area contributed by atoms with Crippen molar-refractivity contribution in [2.75, 3.05) is 11.9 Å². The minimum atomic E-state index is -0.663. The molecule has 0 amide bonds. The quantitative estimate of drug-likeness (QED) is 0.633. The third-order valence-electron chi connectivity index (χ3n) is 3.03. The lowest BCUT2D eigenvalue weighted by Crippen LogP contribution is -2.37. The van der Waals surface area contributed by atoms with Crippen LogP contribution in [0.3, 0.4) is 0 Å². The van der Waals surface area contributed by atoms with E-state index in [1.807, 2.05) is 30.3 Å². The van der Waals surface area contributed by atoms with E-state index in [2.05, 4.69) is 10.6 Å². The number of hydrogen-bond acceptors (Lipinski definition) is 3. The summed E-state index contributed by atoms with van der Waals surface area (Å²) in [7, 11) is 0. The predicted molar refractivity (Wildman–Crippen MR) is 96.6 cm³/mol. The fraction of sp³-hybridized carbons (Fsp3) is 0.176. The number of esters is 1. The smallest absolute Gasteiger partial charge is 0.333 e. The maximum Gasteiger partial charge on any atom is 0.333 e. The number of halogens is 1. The summed E-state index contributed by atoms with van der Waals surface area (Å²) in [6.07, 6.45) is 0. The van der Waals surface area contributed by atoms with Gasteiger partial charge in [-0.3, -0.25) is 0 Å². The molecular weight excluding hydrogens is 332 g/mol. The van der Waals surface area contributed by atoms with Crippen molar-refractivity contribution in [2.24, 2.45) is 0 Å². The van der Waals surface area contributed by atoms with Gasteiger partial charge in [0, 0.05) is 10.7 Å². The third kappa shape index (κ3) is 5.23. The van der Waals surface area contributed by atoms with E-state index in [1.54, 1.807) is 31.2 Å². The number of hydrogen-bond donors (Lipinski definition) is 2. The molecule has 23 heavy (non-hydrogen) atoms. The highest BCUT2D eigenvalue weighted by Crippen LogP contribution is 2.16. The minimum Gasteiger partial charge on any atom is -0.464 e. The topological polar surface area (TPSA) is 50.4 Å². The number of ether oxygens (including phenoxy) is 1. The molecular formula is C17H17ClN2O2S. The first kappa shape index (κ1) is 17.2. The first-order valence-corrected chi connectivity index (χ1v) is 7.93. The second-order valence-electron chi connectivity index (χ2n) is 4.70.